The van der Waals surface area contributed by atoms with Crippen LogP contribution in [-0.2, 0) is 20.0 Å². The van der Waals surface area contributed by atoms with Gasteiger partial charge in [-0.05, 0) is 24.6 Å². The van der Waals surface area contributed by atoms with E-state index in [-0.39, 0.29) is 12.5 Å². The third-order valence-corrected chi connectivity index (χ3v) is 6.44. The van der Waals surface area contributed by atoms with Crippen LogP contribution >= 0.6 is 22.7 Å². The van der Waals surface area contributed by atoms with Gasteiger partial charge in [0.05, 0.1) is 16.9 Å². The summed E-state index contributed by atoms with van der Waals surface area (Å²) in [6.45, 7) is 5.69. The van der Waals surface area contributed by atoms with Crippen LogP contribution in [0.2, 0.25) is 0 Å². The van der Waals surface area contributed by atoms with E-state index >= 15 is 0 Å². The highest BCUT2D eigenvalue weighted by Crippen LogP contribution is 2.32. The molecule has 29 heavy (non-hydrogen) atoms. The Hall–Kier alpha value is -3.11. The average Bonchev–Trinajstić information content (AvgIpc) is 3.37. The summed E-state index contributed by atoms with van der Waals surface area (Å²) < 4.78 is 2.81. The first-order chi connectivity index (χ1) is 14.0. The fraction of sp³-hybridized carbons (Fsp3) is 0.211. The quantitative estimate of drug-likeness (QED) is 0.377. The van der Waals surface area contributed by atoms with E-state index in [0.717, 1.165) is 26.6 Å². The fourth-order valence-corrected chi connectivity index (χ4v) is 4.85. The molecule has 4 rings (SSSR count). The average molecular weight is 426 g/mol. The zero-order valence-corrected chi connectivity index (χ0v) is 17.6. The molecule has 0 saturated heterocycles. The first-order valence-electron chi connectivity index (χ1n) is 8.81. The van der Waals surface area contributed by atoms with Crippen LogP contribution in [0.4, 0.5) is 5.13 Å². The van der Waals surface area contributed by atoms with Gasteiger partial charge in [0, 0.05) is 37.5 Å². The minimum absolute atomic E-state index is 0.215. The van der Waals surface area contributed by atoms with E-state index in [0.29, 0.717) is 22.9 Å². The number of nitrogens with zero attached hydrogens (tertiary/aromatic N) is 6. The molecule has 0 spiro atoms. The molecule has 4 aromatic rings. The number of aromatic nitrogens is 4. The van der Waals surface area contributed by atoms with Gasteiger partial charge in [0.1, 0.15) is 10.7 Å². The van der Waals surface area contributed by atoms with Gasteiger partial charge in [-0.1, -0.05) is 6.07 Å². The van der Waals surface area contributed by atoms with Gasteiger partial charge in [-0.2, -0.15) is 5.10 Å². The summed E-state index contributed by atoms with van der Waals surface area (Å²) in [6, 6.07) is 5.83. The molecule has 0 unspecified atom stereocenters. The Morgan fingerprint density at radius 1 is 1.34 bits per heavy atom. The number of hydrogen-bond donors (Lipinski definition) is 1. The number of fused-ring (bicyclic) bond motifs is 1. The number of rotatable bonds is 6. The molecule has 0 saturated carbocycles. The lowest BCUT2D eigenvalue weighted by Crippen LogP contribution is -2.27. The molecule has 0 aromatic carbocycles. The molecule has 148 valence electrons. The van der Waals surface area contributed by atoms with Crippen LogP contribution in [0.15, 0.2) is 34.9 Å². The monoisotopic (exact) mass is 425 g/mol. The van der Waals surface area contributed by atoms with Crippen molar-refractivity contribution in [3.05, 3.63) is 57.4 Å². The summed E-state index contributed by atoms with van der Waals surface area (Å²) in [6.07, 6.45) is 2.44. The number of carbonyl (C=O) groups is 1. The molecular formula is C19H19N7OS2. The van der Waals surface area contributed by atoms with E-state index in [1.165, 1.54) is 16.3 Å². The number of carbonyl (C=O) groups excluding carboxylic acids is 1. The first-order valence-corrected chi connectivity index (χ1v) is 10.5. The van der Waals surface area contributed by atoms with E-state index in [1.54, 1.807) is 17.5 Å². The molecule has 2 N–H and O–H groups in total. The molecule has 0 aliphatic carbocycles. The highest BCUT2D eigenvalue weighted by Gasteiger charge is 2.26. The molecule has 0 aliphatic rings. The zero-order chi connectivity index (χ0) is 20.5. The van der Waals surface area contributed by atoms with Gasteiger partial charge < -0.3 is 10.3 Å². The minimum Gasteiger partial charge on any atom is -0.375 e. The summed E-state index contributed by atoms with van der Waals surface area (Å²) in [5, 5.41) is 8.42. The van der Waals surface area contributed by atoms with Crippen molar-refractivity contribution in [1.82, 2.24) is 24.5 Å². The van der Waals surface area contributed by atoms with Crippen LogP contribution in [0, 0.1) is 6.92 Å². The van der Waals surface area contributed by atoms with E-state index < -0.39 is 0 Å². The fourth-order valence-electron chi connectivity index (χ4n) is 3.19. The van der Waals surface area contributed by atoms with Crippen molar-refractivity contribution in [2.45, 2.75) is 19.9 Å². The molecule has 1 amide bonds. The topological polar surface area (TPSA) is 102 Å². The molecule has 0 atom stereocenters. The Labute approximate surface area is 175 Å². The lowest BCUT2D eigenvalue weighted by Gasteiger charge is -2.16. The SMILES string of the molecule is C=NN(Cc1csc(N)n1)C(=O)c1c(C)c2sc(Cc3ccccn3)nc2n1C. The Balaban J connectivity index is 1.64. The van der Waals surface area contributed by atoms with Crippen LogP contribution in [0.1, 0.15) is 32.4 Å². The number of hydrogen-bond acceptors (Lipinski definition) is 8. The van der Waals surface area contributed by atoms with Crippen LogP contribution in [0.5, 0.6) is 0 Å². The van der Waals surface area contributed by atoms with Crippen molar-refractivity contribution in [2.24, 2.45) is 12.1 Å². The number of nitrogen functional groups attached to an aromatic ring is 1. The van der Waals surface area contributed by atoms with Gasteiger partial charge in [0.25, 0.3) is 5.91 Å². The van der Waals surface area contributed by atoms with Crippen molar-refractivity contribution >= 4 is 50.8 Å². The highest BCUT2D eigenvalue weighted by atomic mass is 32.1. The molecular weight excluding hydrogens is 406 g/mol. The van der Waals surface area contributed by atoms with Crippen LogP contribution in [0.3, 0.4) is 0 Å². The summed E-state index contributed by atoms with van der Waals surface area (Å²) >= 11 is 2.91. The molecule has 4 heterocycles. The smallest absolute Gasteiger partial charge is 0.291 e. The third-order valence-electron chi connectivity index (χ3n) is 4.55. The summed E-state index contributed by atoms with van der Waals surface area (Å²) in [4.78, 5) is 26.5. The van der Waals surface area contributed by atoms with E-state index in [4.69, 9.17) is 10.7 Å². The maximum atomic E-state index is 13.2. The zero-order valence-electron chi connectivity index (χ0n) is 16.0. The van der Waals surface area contributed by atoms with E-state index in [1.807, 2.05) is 42.1 Å². The van der Waals surface area contributed by atoms with Gasteiger partial charge in [0.15, 0.2) is 10.8 Å². The number of anilines is 1. The Bertz CT molecular complexity index is 1150. The van der Waals surface area contributed by atoms with Crippen molar-refractivity contribution in [1.29, 1.82) is 0 Å². The van der Waals surface area contributed by atoms with Crippen LogP contribution in [-0.4, -0.2) is 37.2 Å². The van der Waals surface area contributed by atoms with E-state index in [2.05, 4.69) is 21.8 Å². The van der Waals surface area contributed by atoms with Gasteiger partial charge >= 0.3 is 0 Å². The summed E-state index contributed by atoms with van der Waals surface area (Å²) in [7, 11) is 1.84. The number of thiazole rings is 2. The normalized spacial score (nSPS) is 11.1. The van der Waals surface area contributed by atoms with Gasteiger partial charge in [-0.3, -0.25) is 9.78 Å². The Morgan fingerprint density at radius 2 is 2.17 bits per heavy atom. The van der Waals surface area contributed by atoms with Gasteiger partial charge in [-0.15, -0.1) is 22.7 Å². The number of aryl methyl sites for hydroxylation is 2. The molecule has 4 aromatic heterocycles. The number of amides is 1. The van der Waals surface area contributed by atoms with Gasteiger partial charge in [0.2, 0.25) is 0 Å². The molecule has 0 radical (unpaired) electrons. The van der Waals surface area contributed by atoms with Crippen molar-refractivity contribution < 1.29 is 4.79 Å². The molecule has 0 bridgehead atoms. The second-order valence-electron chi connectivity index (χ2n) is 6.47. The number of nitrogens with two attached hydrogens (primary N) is 1. The second-order valence-corrected chi connectivity index (χ2v) is 8.45. The maximum Gasteiger partial charge on any atom is 0.291 e. The molecule has 0 aliphatic heterocycles. The third kappa shape index (κ3) is 3.64. The Morgan fingerprint density at radius 3 is 2.79 bits per heavy atom. The van der Waals surface area contributed by atoms with E-state index in [9.17, 15) is 4.79 Å². The standard InChI is InChI=1S/C19H19N7OS2/c1-11-15(18(27)26(21-2)9-13-10-28-19(20)23-13)25(3)17-16(11)29-14(24-17)8-12-6-4-5-7-22-12/h4-7,10H,2,8-9H2,1,3H3,(H2,20,23). The number of hydrazone groups is 1. The minimum atomic E-state index is -0.247. The first kappa shape index (κ1) is 19.2. The second kappa shape index (κ2) is 7.72. The summed E-state index contributed by atoms with van der Waals surface area (Å²) in [5.74, 6) is -0.247. The molecule has 0 fully saturated rings. The highest BCUT2D eigenvalue weighted by molar-refractivity contribution is 7.18. The van der Waals surface area contributed by atoms with Crippen LogP contribution in [0.25, 0.3) is 10.3 Å². The maximum absolute atomic E-state index is 13.2. The largest absolute Gasteiger partial charge is 0.375 e. The lowest BCUT2D eigenvalue weighted by atomic mass is 10.2. The predicted octanol–water partition coefficient (Wildman–Crippen LogP) is 3.23. The van der Waals surface area contributed by atoms with Crippen molar-refractivity contribution in [3.63, 3.8) is 0 Å². The number of pyridine rings is 1. The molecule has 10 heteroatoms. The lowest BCUT2D eigenvalue weighted by molar-refractivity contribution is 0.0739. The predicted molar refractivity (Wildman–Crippen MR) is 116 cm³/mol. The summed E-state index contributed by atoms with van der Waals surface area (Å²) in [5.41, 5.74) is 9.52. The Kier molecular flexibility index (Phi) is 5.12. The van der Waals surface area contributed by atoms with Crippen molar-refractivity contribution in [3.8, 4) is 0 Å². The van der Waals surface area contributed by atoms with Crippen molar-refractivity contribution in [2.75, 3.05) is 5.73 Å². The molecule has 8 nitrogen and oxygen atoms in total. The van der Waals surface area contributed by atoms with Gasteiger partial charge in [-0.25, -0.2) is 15.0 Å². The van der Waals surface area contributed by atoms with Crippen LogP contribution < -0.4 is 5.73 Å².